The van der Waals surface area contributed by atoms with Crippen LogP contribution in [0.15, 0.2) is 45.7 Å². The second-order valence-electron chi connectivity index (χ2n) is 8.76. The lowest BCUT2D eigenvalue weighted by molar-refractivity contribution is 0.331. The maximum Gasteiger partial charge on any atom is 0.417 e. The van der Waals surface area contributed by atoms with E-state index in [-0.39, 0.29) is 0 Å². The van der Waals surface area contributed by atoms with E-state index in [1.54, 1.807) is 6.07 Å². The van der Waals surface area contributed by atoms with Crippen molar-refractivity contribution in [3.05, 3.63) is 69.3 Å². The molecule has 2 aromatic carbocycles. The van der Waals surface area contributed by atoms with Gasteiger partial charge in [0.2, 0.25) is 5.95 Å². The Labute approximate surface area is 192 Å². The molecular weight excluding hydrogens is 416 g/mol. The first kappa shape index (κ1) is 21.2. The largest absolute Gasteiger partial charge is 0.417 e. The van der Waals surface area contributed by atoms with Crippen LogP contribution in [0.1, 0.15) is 35.1 Å². The van der Waals surface area contributed by atoms with E-state index < -0.39 is 5.76 Å². The van der Waals surface area contributed by atoms with Gasteiger partial charge in [-0.25, -0.2) is 9.78 Å². The van der Waals surface area contributed by atoms with Crippen molar-refractivity contribution in [3.63, 3.8) is 0 Å². The number of anilines is 4. The summed E-state index contributed by atoms with van der Waals surface area (Å²) < 4.78 is 5.12. The molecule has 0 amide bonds. The van der Waals surface area contributed by atoms with Gasteiger partial charge < -0.3 is 15.1 Å². The van der Waals surface area contributed by atoms with Gasteiger partial charge in [0.1, 0.15) is 5.82 Å². The molecule has 1 aliphatic rings. The molecule has 0 unspecified atom stereocenters. The van der Waals surface area contributed by atoms with Crippen LogP contribution in [-0.2, 0) is 6.54 Å². The first-order chi connectivity index (χ1) is 15.9. The van der Waals surface area contributed by atoms with E-state index >= 15 is 0 Å². The Morgan fingerprint density at radius 3 is 2.55 bits per heavy atom. The zero-order valence-electron chi connectivity index (χ0n) is 19.2. The number of hydrogen-bond donors (Lipinski definition) is 3. The predicted octanol–water partition coefficient (Wildman–Crippen LogP) is 4.92. The van der Waals surface area contributed by atoms with E-state index in [1.807, 2.05) is 18.3 Å². The topological polar surface area (TPSA) is 99.1 Å². The fourth-order valence-electron chi connectivity index (χ4n) is 4.28. The Hall–Kier alpha value is -3.65. The summed E-state index contributed by atoms with van der Waals surface area (Å²) in [5, 5.41) is 6.78. The molecule has 0 radical (unpaired) electrons. The van der Waals surface area contributed by atoms with Gasteiger partial charge in [0.15, 0.2) is 5.58 Å². The van der Waals surface area contributed by atoms with Crippen molar-refractivity contribution in [2.75, 3.05) is 23.7 Å². The number of hydrogen-bond acceptors (Lipinski definition) is 7. The summed E-state index contributed by atoms with van der Waals surface area (Å²) in [6.45, 7) is 9.31. The summed E-state index contributed by atoms with van der Waals surface area (Å²) in [6.07, 6.45) is 4.34. The summed E-state index contributed by atoms with van der Waals surface area (Å²) in [5.41, 5.74) is 7.71. The standard InChI is InChI=1S/C25H28N6O2/c1-15-10-20(11-16(2)17(15)3)28-24-26-13-18(14-31-8-4-5-9-31)23(30-24)27-19-6-7-22-21(12-19)29-25(32)33-22/h6-7,10-13H,4-5,8-9,14H2,1-3H3,(H,29,32)(H2,26,27,28,30). The lowest BCUT2D eigenvalue weighted by Crippen LogP contribution is -2.20. The summed E-state index contributed by atoms with van der Waals surface area (Å²) in [5.74, 6) is 0.808. The second-order valence-corrected chi connectivity index (χ2v) is 8.76. The maximum absolute atomic E-state index is 11.5. The van der Waals surface area contributed by atoms with Crippen molar-refractivity contribution in [1.29, 1.82) is 0 Å². The Balaban J connectivity index is 1.47. The van der Waals surface area contributed by atoms with E-state index in [9.17, 15) is 4.79 Å². The Kier molecular flexibility index (Phi) is 5.60. The molecule has 33 heavy (non-hydrogen) atoms. The van der Waals surface area contributed by atoms with E-state index in [0.29, 0.717) is 17.0 Å². The highest BCUT2D eigenvalue weighted by atomic mass is 16.4. The third-order valence-corrected chi connectivity index (χ3v) is 6.32. The number of H-pyrrole nitrogens is 1. The van der Waals surface area contributed by atoms with Gasteiger partial charge in [-0.05, 0) is 93.7 Å². The fourth-order valence-corrected chi connectivity index (χ4v) is 4.28. The molecule has 3 heterocycles. The van der Waals surface area contributed by atoms with E-state index in [4.69, 9.17) is 9.40 Å². The van der Waals surface area contributed by atoms with Crippen molar-refractivity contribution in [3.8, 4) is 0 Å². The minimum Gasteiger partial charge on any atom is -0.408 e. The first-order valence-electron chi connectivity index (χ1n) is 11.3. The fraction of sp³-hybridized carbons (Fsp3) is 0.320. The molecule has 1 fully saturated rings. The third kappa shape index (κ3) is 4.61. The number of aromatic amines is 1. The highest BCUT2D eigenvalue weighted by Crippen LogP contribution is 2.26. The zero-order chi connectivity index (χ0) is 22.9. The smallest absolute Gasteiger partial charge is 0.408 e. The van der Waals surface area contributed by atoms with Crippen molar-refractivity contribution in [2.45, 2.75) is 40.2 Å². The van der Waals surface area contributed by atoms with E-state index in [0.717, 1.165) is 42.4 Å². The monoisotopic (exact) mass is 444 g/mol. The van der Waals surface area contributed by atoms with E-state index in [2.05, 4.69) is 58.4 Å². The average Bonchev–Trinajstić information content (AvgIpc) is 3.42. The average molecular weight is 445 g/mol. The molecule has 0 saturated carbocycles. The molecule has 170 valence electrons. The Morgan fingerprint density at radius 2 is 1.79 bits per heavy atom. The molecule has 0 atom stereocenters. The first-order valence-corrected chi connectivity index (χ1v) is 11.3. The van der Waals surface area contributed by atoms with Crippen molar-refractivity contribution < 1.29 is 4.42 Å². The normalized spacial score (nSPS) is 14.2. The summed E-state index contributed by atoms with van der Waals surface area (Å²) in [7, 11) is 0. The molecule has 0 bridgehead atoms. The highest BCUT2D eigenvalue weighted by Gasteiger charge is 2.16. The molecule has 0 spiro atoms. The SMILES string of the molecule is Cc1cc(Nc2ncc(CN3CCCC3)c(Nc3ccc4oc(=O)[nH]c4c3)n2)cc(C)c1C. The van der Waals surface area contributed by atoms with Crippen molar-refractivity contribution in [2.24, 2.45) is 0 Å². The number of oxazole rings is 1. The molecule has 2 aromatic heterocycles. The van der Waals surface area contributed by atoms with Crippen LogP contribution in [0.2, 0.25) is 0 Å². The van der Waals surface area contributed by atoms with Crippen LogP contribution in [0, 0.1) is 20.8 Å². The van der Waals surface area contributed by atoms with Crippen LogP contribution in [0.3, 0.4) is 0 Å². The van der Waals surface area contributed by atoms with Crippen LogP contribution in [0.5, 0.6) is 0 Å². The van der Waals surface area contributed by atoms with Crippen LogP contribution < -0.4 is 16.4 Å². The maximum atomic E-state index is 11.5. The molecule has 8 heteroatoms. The lowest BCUT2D eigenvalue weighted by Gasteiger charge is -2.18. The quantitative estimate of drug-likeness (QED) is 0.388. The van der Waals surface area contributed by atoms with Crippen molar-refractivity contribution >= 4 is 34.2 Å². The number of benzene rings is 2. The number of nitrogens with zero attached hydrogens (tertiary/aromatic N) is 3. The predicted molar refractivity (Wildman–Crippen MR) is 131 cm³/mol. The van der Waals surface area contributed by atoms with Crippen molar-refractivity contribution in [1.82, 2.24) is 19.9 Å². The van der Waals surface area contributed by atoms with Gasteiger partial charge in [-0.2, -0.15) is 4.98 Å². The summed E-state index contributed by atoms with van der Waals surface area (Å²) in [6, 6.07) is 9.72. The van der Waals surface area contributed by atoms with Gasteiger partial charge in [-0.3, -0.25) is 9.88 Å². The zero-order valence-corrected chi connectivity index (χ0v) is 19.2. The lowest BCUT2D eigenvalue weighted by atomic mass is 10.0. The van der Waals surface area contributed by atoms with Gasteiger partial charge >= 0.3 is 5.76 Å². The number of aryl methyl sites for hydroxylation is 2. The van der Waals surface area contributed by atoms with E-state index in [1.165, 1.54) is 29.5 Å². The number of likely N-dealkylation sites (tertiary alicyclic amines) is 1. The molecule has 0 aliphatic carbocycles. The second kappa shape index (κ2) is 8.71. The Bertz CT molecular complexity index is 1340. The summed E-state index contributed by atoms with van der Waals surface area (Å²) >= 11 is 0. The van der Waals surface area contributed by atoms with Crippen LogP contribution in [0.25, 0.3) is 11.1 Å². The molecule has 1 aliphatic heterocycles. The van der Waals surface area contributed by atoms with Gasteiger partial charge in [-0.1, -0.05) is 0 Å². The van der Waals surface area contributed by atoms with Gasteiger partial charge in [-0.15, -0.1) is 0 Å². The third-order valence-electron chi connectivity index (χ3n) is 6.32. The number of fused-ring (bicyclic) bond motifs is 1. The van der Waals surface area contributed by atoms with Crippen LogP contribution in [0.4, 0.5) is 23.1 Å². The minimum atomic E-state index is -0.464. The van der Waals surface area contributed by atoms with Gasteiger partial charge in [0.25, 0.3) is 0 Å². The van der Waals surface area contributed by atoms with Crippen LogP contribution >= 0.6 is 0 Å². The minimum absolute atomic E-state index is 0.464. The number of nitrogens with one attached hydrogen (secondary N) is 3. The van der Waals surface area contributed by atoms with Gasteiger partial charge in [0, 0.05) is 29.7 Å². The van der Waals surface area contributed by atoms with Gasteiger partial charge in [0.05, 0.1) is 5.52 Å². The molecule has 3 N–H and O–H groups in total. The molecule has 1 saturated heterocycles. The molecular formula is C25H28N6O2. The number of rotatable bonds is 6. The molecule has 5 rings (SSSR count). The number of aromatic nitrogens is 3. The molecule has 4 aromatic rings. The Morgan fingerprint density at radius 1 is 1.03 bits per heavy atom. The highest BCUT2D eigenvalue weighted by molar-refractivity contribution is 5.78. The van der Waals surface area contributed by atoms with Crippen LogP contribution in [-0.4, -0.2) is 32.9 Å². The summed E-state index contributed by atoms with van der Waals surface area (Å²) in [4.78, 5) is 26.1. The molecule has 8 nitrogen and oxygen atoms in total.